The molecule has 1 aliphatic rings. The lowest BCUT2D eigenvalue weighted by Crippen LogP contribution is -2.35. The second-order valence-corrected chi connectivity index (χ2v) is 3.94. The molecule has 1 aliphatic heterocycles. The van der Waals surface area contributed by atoms with Crippen molar-refractivity contribution < 1.29 is 28.7 Å². The highest BCUT2D eigenvalue weighted by Gasteiger charge is 2.33. The van der Waals surface area contributed by atoms with E-state index >= 15 is 0 Å². The predicted molar refractivity (Wildman–Crippen MR) is 61.9 cm³/mol. The molecule has 106 valence electrons. The quantitative estimate of drug-likeness (QED) is 0.382. The Morgan fingerprint density at radius 3 is 2.74 bits per heavy atom. The Morgan fingerprint density at radius 2 is 2.16 bits per heavy atom. The van der Waals surface area contributed by atoms with E-state index in [2.05, 4.69) is 5.32 Å². The molecule has 3 amide bonds. The van der Waals surface area contributed by atoms with Crippen molar-refractivity contribution in [2.24, 2.45) is 0 Å². The smallest absolute Gasteiger partial charge is 0.407 e. The zero-order chi connectivity index (χ0) is 14.3. The van der Waals surface area contributed by atoms with Gasteiger partial charge in [0.2, 0.25) is 5.91 Å². The van der Waals surface area contributed by atoms with Crippen molar-refractivity contribution in [3.05, 3.63) is 0 Å². The predicted octanol–water partition coefficient (Wildman–Crippen LogP) is -0.529. The van der Waals surface area contributed by atoms with Gasteiger partial charge in [-0.3, -0.25) is 19.7 Å². The largest absolute Gasteiger partial charge is 0.450 e. The fourth-order valence-electron chi connectivity index (χ4n) is 1.33. The van der Waals surface area contributed by atoms with Crippen LogP contribution in [0.25, 0.3) is 0 Å². The molecule has 19 heavy (non-hydrogen) atoms. The van der Waals surface area contributed by atoms with Crippen LogP contribution in [-0.2, 0) is 23.9 Å². The second kappa shape index (κ2) is 7.34. The third kappa shape index (κ3) is 5.36. The third-order valence-electron chi connectivity index (χ3n) is 2.31. The summed E-state index contributed by atoms with van der Waals surface area (Å²) in [5, 5.41) is 4.19. The number of carbonyl (C=O) groups excluding carboxylic acids is 4. The number of alkyl carbamates (subject to hydrolysis) is 1. The summed E-state index contributed by atoms with van der Waals surface area (Å²) in [4.78, 5) is 44.4. The van der Waals surface area contributed by atoms with E-state index < -0.39 is 36.5 Å². The molecule has 1 atom stereocenters. The number of imide groups is 1. The van der Waals surface area contributed by atoms with E-state index in [0.717, 1.165) is 12.8 Å². The summed E-state index contributed by atoms with van der Waals surface area (Å²) in [6, 6.07) is 0. The number of carbonyl (C=O) groups is 4. The van der Waals surface area contributed by atoms with Crippen molar-refractivity contribution in [2.45, 2.75) is 32.3 Å². The summed E-state index contributed by atoms with van der Waals surface area (Å²) in [7, 11) is 0. The van der Waals surface area contributed by atoms with E-state index in [1.54, 1.807) is 0 Å². The minimum Gasteiger partial charge on any atom is -0.450 e. The number of hydrogen-bond donors (Lipinski definition) is 2. The second-order valence-electron chi connectivity index (χ2n) is 3.94. The van der Waals surface area contributed by atoms with Crippen LogP contribution in [-0.4, -0.2) is 43.1 Å². The van der Waals surface area contributed by atoms with Gasteiger partial charge in [-0.2, -0.15) is 0 Å². The van der Waals surface area contributed by atoms with Crippen LogP contribution in [0.2, 0.25) is 0 Å². The molecule has 1 rings (SSSR count). The van der Waals surface area contributed by atoms with Gasteiger partial charge in [0, 0.05) is 0 Å². The molecule has 2 N–H and O–H groups in total. The van der Waals surface area contributed by atoms with Crippen molar-refractivity contribution in [3.63, 3.8) is 0 Å². The number of ether oxygens (including phenoxy) is 2. The molecule has 1 heterocycles. The Kier molecular flexibility index (Phi) is 5.77. The van der Waals surface area contributed by atoms with Gasteiger partial charge in [0.05, 0.1) is 13.0 Å². The number of esters is 1. The number of rotatable bonds is 6. The first-order valence-electron chi connectivity index (χ1n) is 5.96. The van der Waals surface area contributed by atoms with E-state index in [-0.39, 0.29) is 13.0 Å². The lowest BCUT2D eigenvalue weighted by atomic mass is 10.3. The van der Waals surface area contributed by atoms with Crippen LogP contribution in [0.1, 0.15) is 26.2 Å². The van der Waals surface area contributed by atoms with Crippen LogP contribution in [0.15, 0.2) is 0 Å². The standard InChI is InChI=1S/C11H16N2O6/c1-2-3-4-18-11(17)12-6-9(15)19-7-5-8(14)13-10(7)16/h7H,2-6H2,1H3,(H,12,17)(H,13,14,16). The maximum atomic E-state index is 11.3. The minimum atomic E-state index is -1.11. The van der Waals surface area contributed by atoms with Crippen LogP contribution >= 0.6 is 0 Å². The Labute approximate surface area is 109 Å². The van der Waals surface area contributed by atoms with Gasteiger partial charge in [-0.1, -0.05) is 13.3 Å². The lowest BCUT2D eigenvalue weighted by molar-refractivity contribution is -0.152. The highest BCUT2D eigenvalue weighted by molar-refractivity contribution is 6.05. The molecule has 8 nitrogen and oxygen atoms in total. The molecule has 8 heteroatoms. The molecule has 1 fully saturated rings. The number of unbranched alkanes of at least 4 members (excludes halogenated alkanes) is 1. The lowest BCUT2D eigenvalue weighted by Gasteiger charge is -2.09. The van der Waals surface area contributed by atoms with Gasteiger partial charge in [0.1, 0.15) is 6.54 Å². The zero-order valence-electron chi connectivity index (χ0n) is 10.6. The van der Waals surface area contributed by atoms with Crippen molar-refractivity contribution >= 4 is 23.9 Å². The molecule has 0 aromatic rings. The van der Waals surface area contributed by atoms with E-state index in [1.807, 2.05) is 12.2 Å². The number of hydrogen-bond acceptors (Lipinski definition) is 6. The minimum absolute atomic E-state index is 0.189. The Bertz CT molecular complexity index is 381. The SMILES string of the molecule is CCCCOC(=O)NCC(=O)OC1CC(=O)NC1=O. The molecular weight excluding hydrogens is 256 g/mol. The van der Waals surface area contributed by atoms with E-state index in [4.69, 9.17) is 9.47 Å². The fourth-order valence-corrected chi connectivity index (χ4v) is 1.33. The van der Waals surface area contributed by atoms with Crippen molar-refractivity contribution in [1.82, 2.24) is 10.6 Å². The topological polar surface area (TPSA) is 111 Å². The number of amides is 3. The first kappa shape index (κ1) is 14.9. The van der Waals surface area contributed by atoms with Crippen molar-refractivity contribution in [1.29, 1.82) is 0 Å². The van der Waals surface area contributed by atoms with Crippen molar-refractivity contribution in [2.75, 3.05) is 13.2 Å². The van der Waals surface area contributed by atoms with Gasteiger partial charge in [-0.05, 0) is 6.42 Å². The van der Waals surface area contributed by atoms with Gasteiger partial charge < -0.3 is 14.8 Å². The zero-order valence-corrected chi connectivity index (χ0v) is 10.6. The Balaban J connectivity index is 2.19. The van der Waals surface area contributed by atoms with Crippen LogP contribution in [0, 0.1) is 0 Å². The third-order valence-corrected chi connectivity index (χ3v) is 2.31. The molecule has 0 spiro atoms. The van der Waals surface area contributed by atoms with Gasteiger partial charge >= 0.3 is 12.1 Å². The Morgan fingerprint density at radius 1 is 1.42 bits per heavy atom. The maximum Gasteiger partial charge on any atom is 0.407 e. The summed E-state index contributed by atoms with van der Waals surface area (Å²) in [6.45, 7) is 1.81. The maximum absolute atomic E-state index is 11.3. The van der Waals surface area contributed by atoms with Crippen molar-refractivity contribution in [3.8, 4) is 0 Å². The fraction of sp³-hybridized carbons (Fsp3) is 0.636. The highest BCUT2D eigenvalue weighted by atomic mass is 16.6. The number of nitrogens with one attached hydrogen (secondary N) is 2. The van der Waals surface area contributed by atoms with E-state index in [9.17, 15) is 19.2 Å². The monoisotopic (exact) mass is 272 g/mol. The van der Waals surface area contributed by atoms with E-state index in [1.165, 1.54) is 0 Å². The molecule has 1 unspecified atom stereocenters. The molecule has 0 saturated carbocycles. The molecule has 1 saturated heterocycles. The van der Waals surface area contributed by atoms with Crippen LogP contribution < -0.4 is 10.6 Å². The summed E-state index contributed by atoms with van der Waals surface area (Å²) in [5.74, 6) is -1.94. The molecule has 0 radical (unpaired) electrons. The van der Waals surface area contributed by atoms with Crippen LogP contribution in [0.3, 0.4) is 0 Å². The van der Waals surface area contributed by atoms with Crippen LogP contribution in [0.5, 0.6) is 0 Å². The van der Waals surface area contributed by atoms with Crippen LogP contribution in [0.4, 0.5) is 4.79 Å². The molecule has 0 aliphatic carbocycles. The normalized spacial score (nSPS) is 17.8. The molecule has 0 aromatic carbocycles. The summed E-state index contributed by atoms with van der Waals surface area (Å²) < 4.78 is 9.48. The highest BCUT2D eigenvalue weighted by Crippen LogP contribution is 2.06. The van der Waals surface area contributed by atoms with Gasteiger partial charge in [0.15, 0.2) is 6.10 Å². The molecular formula is C11H16N2O6. The van der Waals surface area contributed by atoms with Gasteiger partial charge in [0.25, 0.3) is 5.91 Å². The van der Waals surface area contributed by atoms with E-state index in [0.29, 0.717) is 0 Å². The Hall–Kier alpha value is -2.12. The average Bonchev–Trinajstić information content (AvgIpc) is 2.65. The molecule has 0 aromatic heterocycles. The van der Waals surface area contributed by atoms with Gasteiger partial charge in [-0.15, -0.1) is 0 Å². The summed E-state index contributed by atoms with van der Waals surface area (Å²) in [6.07, 6.45) is -0.399. The average molecular weight is 272 g/mol. The molecule has 0 bridgehead atoms. The van der Waals surface area contributed by atoms with Gasteiger partial charge in [-0.25, -0.2) is 4.79 Å². The first-order valence-corrected chi connectivity index (χ1v) is 5.96. The summed E-state index contributed by atoms with van der Waals surface area (Å²) in [5.41, 5.74) is 0. The summed E-state index contributed by atoms with van der Waals surface area (Å²) >= 11 is 0. The first-order chi connectivity index (χ1) is 9.02.